The van der Waals surface area contributed by atoms with Crippen molar-refractivity contribution < 1.29 is 9.13 Å². The fourth-order valence-electron chi connectivity index (χ4n) is 2.29. The first-order valence-electron chi connectivity index (χ1n) is 8.56. The lowest BCUT2D eigenvalue weighted by Gasteiger charge is -2.12. The average Bonchev–Trinajstić information content (AvgIpc) is 2.62. The fraction of sp³-hybridized carbons (Fsp3) is 0.368. The Morgan fingerprint density at radius 1 is 1.16 bits per heavy atom. The molecule has 0 aliphatic carbocycles. The molecular weight excluding hydrogens is 319 g/mol. The number of aliphatic imine (C=N–C) groups is 1. The Hall–Kier alpha value is -2.63. The number of ether oxygens (including phenoxy) is 1. The van der Waals surface area contributed by atoms with Crippen LogP contribution in [-0.2, 0) is 13.0 Å². The predicted octanol–water partition coefficient (Wildman–Crippen LogP) is 2.92. The van der Waals surface area contributed by atoms with Crippen LogP contribution < -0.4 is 15.4 Å². The van der Waals surface area contributed by atoms with Gasteiger partial charge >= 0.3 is 0 Å². The van der Waals surface area contributed by atoms with Gasteiger partial charge in [0.1, 0.15) is 5.82 Å². The smallest absolute Gasteiger partial charge is 0.218 e. The van der Waals surface area contributed by atoms with Gasteiger partial charge in [0, 0.05) is 24.8 Å². The monoisotopic (exact) mass is 344 g/mol. The van der Waals surface area contributed by atoms with Crippen LogP contribution in [0.25, 0.3) is 0 Å². The van der Waals surface area contributed by atoms with Crippen LogP contribution in [0.15, 0.2) is 47.6 Å². The summed E-state index contributed by atoms with van der Waals surface area (Å²) in [7, 11) is 0. The number of aromatic nitrogens is 1. The van der Waals surface area contributed by atoms with Crippen molar-refractivity contribution in [3.8, 4) is 5.88 Å². The van der Waals surface area contributed by atoms with Crippen molar-refractivity contribution in [1.29, 1.82) is 0 Å². The molecule has 0 amide bonds. The van der Waals surface area contributed by atoms with Gasteiger partial charge in [0.25, 0.3) is 0 Å². The molecule has 0 saturated carbocycles. The molecule has 134 valence electrons. The van der Waals surface area contributed by atoms with E-state index in [9.17, 15) is 4.39 Å². The molecule has 0 aliphatic heterocycles. The van der Waals surface area contributed by atoms with Gasteiger partial charge < -0.3 is 15.4 Å². The number of halogens is 1. The van der Waals surface area contributed by atoms with Gasteiger partial charge in [-0.25, -0.2) is 14.4 Å². The molecule has 2 aromatic rings. The zero-order valence-corrected chi connectivity index (χ0v) is 14.8. The number of nitrogens with zero attached hydrogens (tertiary/aromatic N) is 2. The van der Waals surface area contributed by atoms with Gasteiger partial charge in [-0.15, -0.1) is 0 Å². The molecule has 0 bridgehead atoms. The van der Waals surface area contributed by atoms with E-state index in [0.29, 0.717) is 25.6 Å². The average molecular weight is 344 g/mol. The number of guanidine groups is 1. The maximum absolute atomic E-state index is 12.9. The SMILES string of the molecule is CCNC(=NCc1cccnc1OCC)NCCc1ccc(F)cc1. The summed E-state index contributed by atoms with van der Waals surface area (Å²) in [5.41, 5.74) is 2.02. The second-order valence-electron chi connectivity index (χ2n) is 5.40. The lowest BCUT2D eigenvalue weighted by atomic mass is 10.1. The molecule has 0 fully saturated rings. The minimum Gasteiger partial charge on any atom is -0.478 e. The molecule has 0 radical (unpaired) electrons. The Kier molecular flexibility index (Phi) is 7.69. The number of hydrogen-bond acceptors (Lipinski definition) is 3. The molecule has 0 atom stereocenters. The van der Waals surface area contributed by atoms with E-state index in [1.807, 2.05) is 26.0 Å². The maximum atomic E-state index is 12.9. The van der Waals surface area contributed by atoms with Gasteiger partial charge in [-0.2, -0.15) is 0 Å². The van der Waals surface area contributed by atoms with Gasteiger partial charge in [-0.05, 0) is 44.0 Å². The van der Waals surface area contributed by atoms with Crippen molar-refractivity contribution >= 4 is 5.96 Å². The number of hydrogen-bond donors (Lipinski definition) is 2. The summed E-state index contributed by atoms with van der Waals surface area (Å²) in [6, 6.07) is 10.4. The van der Waals surface area contributed by atoms with Crippen LogP contribution in [0.2, 0.25) is 0 Å². The van der Waals surface area contributed by atoms with Gasteiger partial charge in [-0.1, -0.05) is 18.2 Å². The van der Waals surface area contributed by atoms with E-state index in [1.165, 1.54) is 12.1 Å². The van der Waals surface area contributed by atoms with E-state index in [1.54, 1.807) is 18.3 Å². The van der Waals surface area contributed by atoms with E-state index < -0.39 is 0 Å². The minimum atomic E-state index is -0.215. The number of nitrogens with one attached hydrogen (secondary N) is 2. The molecule has 1 heterocycles. The summed E-state index contributed by atoms with van der Waals surface area (Å²) in [6.45, 7) is 6.49. The first kappa shape index (κ1) is 18.7. The summed E-state index contributed by atoms with van der Waals surface area (Å²) in [5, 5.41) is 6.51. The Morgan fingerprint density at radius 2 is 1.96 bits per heavy atom. The molecular formula is C19H25FN4O. The predicted molar refractivity (Wildman–Crippen MR) is 98.3 cm³/mol. The highest BCUT2D eigenvalue weighted by Gasteiger charge is 2.04. The molecule has 1 aromatic carbocycles. The zero-order chi connectivity index (χ0) is 17.9. The zero-order valence-electron chi connectivity index (χ0n) is 14.8. The van der Waals surface area contributed by atoms with Crippen LogP contribution in [0.3, 0.4) is 0 Å². The van der Waals surface area contributed by atoms with Gasteiger partial charge in [0.15, 0.2) is 5.96 Å². The molecule has 0 saturated heterocycles. The molecule has 0 unspecified atom stereocenters. The van der Waals surface area contributed by atoms with Crippen LogP contribution >= 0.6 is 0 Å². The van der Waals surface area contributed by atoms with E-state index in [2.05, 4.69) is 20.6 Å². The Labute approximate surface area is 148 Å². The topological polar surface area (TPSA) is 58.5 Å². The summed E-state index contributed by atoms with van der Waals surface area (Å²) >= 11 is 0. The normalized spacial score (nSPS) is 11.2. The third kappa shape index (κ3) is 6.41. The van der Waals surface area contributed by atoms with Gasteiger partial charge in [-0.3, -0.25) is 0 Å². The fourth-order valence-corrected chi connectivity index (χ4v) is 2.29. The van der Waals surface area contributed by atoms with Crippen LogP contribution in [0.1, 0.15) is 25.0 Å². The lowest BCUT2D eigenvalue weighted by Crippen LogP contribution is -2.38. The van der Waals surface area contributed by atoms with Crippen molar-refractivity contribution in [3.63, 3.8) is 0 Å². The second-order valence-corrected chi connectivity index (χ2v) is 5.40. The third-order valence-electron chi connectivity index (χ3n) is 3.50. The standard InChI is InChI=1S/C19H25FN4O/c1-3-21-19(23-13-11-15-7-9-17(20)10-8-15)24-14-16-6-5-12-22-18(16)25-4-2/h5-10,12H,3-4,11,13-14H2,1-2H3,(H2,21,23,24). The maximum Gasteiger partial charge on any atom is 0.218 e. The Bertz CT molecular complexity index is 673. The largest absolute Gasteiger partial charge is 0.478 e. The second kappa shape index (κ2) is 10.3. The molecule has 0 aliphatic rings. The molecule has 2 rings (SSSR count). The summed E-state index contributed by atoms with van der Waals surface area (Å²) < 4.78 is 18.5. The number of rotatable bonds is 8. The summed E-state index contributed by atoms with van der Waals surface area (Å²) in [6.07, 6.45) is 2.51. The third-order valence-corrected chi connectivity index (χ3v) is 3.50. The Balaban J connectivity index is 1.92. The summed E-state index contributed by atoms with van der Waals surface area (Å²) in [4.78, 5) is 8.82. The molecule has 2 N–H and O–H groups in total. The Morgan fingerprint density at radius 3 is 2.68 bits per heavy atom. The highest BCUT2D eigenvalue weighted by molar-refractivity contribution is 5.79. The van der Waals surface area contributed by atoms with Crippen molar-refractivity contribution in [3.05, 3.63) is 59.5 Å². The van der Waals surface area contributed by atoms with Gasteiger partial charge in [0.2, 0.25) is 5.88 Å². The van der Waals surface area contributed by atoms with E-state index in [0.717, 1.165) is 30.1 Å². The molecule has 0 spiro atoms. The van der Waals surface area contributed by atoms with E-state index in [-0.39, 0.29) is 5.82 Å². The molecule has 25 heavy (non-hydrogen) atoms. The van der Waals surface area contributed by atoms with E-state index in [4.69, 9.17) is 4.74 Å². The first-order valence-corrected chi connectivity index (χ1v) is 8.56. The molecule has 6 heteroatoms. The first-order chi connectivity index (χ1) is 12.2. The van der Waals surface area contributed by atoms with Crippen molar-refractivity contribution in [2.24, 2.45) is 4.99 Å². The van der Waals surface area contributed by atoms with Crippen LogP contribution in [0.4, 0.5) is 4.39 Å². The highest BCUT2D eigenvalue weighted by Crippen LogP contribution is 2.15. The van der Waals surface area contributed by atoms with E-state index >= 15 is 0 Å². The number of pyridine rings is 1. The van der Waals surface area contributed by atoms with Crippen molar-refractivity contribution in [2.75, 3.05) is 19.7 Å². The highest BCUT2D eigenvalue weighted by atomic mass is 19.1. The number of benzene rings is 1. The van der Waals surface area contributed by atoms with Crippen molar-refractivity contribution in [1.82, 2.24) is 15.6 Å². The van der Waals surface area contributed by atoms with Crippen molar-refractivity contribution in [2.45, 2.75) is 26.8 Å². The van der Waals surface area contributed by atoms with Gasteiger partial charge in [0.05, 0.1) is 13.2 Å². The van der Waals surface area contributed by atoms with Crippen LogP contribution in [0.5, 0.6) is 5.88 Å². The molecule has 1 aromatic heterocycles. The lowest BCUT2D eigenvalue weighted by molar-refractivity contribution is 0.323. The van der Waals surface area contributed by atoms with Crippen LogP contribution in [0, 0.1) is 5.82 Å². The molecule has 5 nitrogen and oxygen atoms in total. The van der Waals surface area contributed by atoms with Crippen LogP contribution in [-0.4, -0.2) is 30.6 Å². The summed E-state index contributed by atoms with van der Waals surface area (Å²) in [5.74, 6) is 1.14. The minimum absolute atomic E-state index is 0.215. The quantitative estimate of drug-likeness (QED) is 0.571.